The first kappa shape index (κ1) is 17.0. The van der Waals surface area contributed by atoms with Gasteiger partial charge in [0.1, 0.15) is 0 Å². The molecule has 2 heterocycles. The summed E-state index contributed by atoms with van der Waals surface area (Å²) in [6.07, 6.45) is 1.77. The Balaban J connectivity index is 1.66. The number of anilines is 1. The van der Waals surface area contributed by atoms with Gasteiger partial charge < -0.3 is 15.0 Å². The number of morpholine rings is 1. The average Bonchev–Trinajstić information content (AvgIpc) is 2.61. The summed E-state index contributed by atoms with van der Waals surface area (Å²) in [5.41, 5.74) is 2.33. The highest BCUT2D eigenvalue weighted by atomic mass is 35.5. The highest BCUT2D eigenvalue weighted by molar-refractivity contribution is 6.35. The fourth-order valence-electron chi connectivity index (χ4n) is 2.54. The van der Waals surface area contributed by atoms with Crippen LogP contribution in [0.5, 0.6) is 0 Å². The van der Waals surface area contributed by atoms with E-state index in [1.165, 1.54) is 0 Å². The molecule has 0 saturated carbocycles. The maximum Gasteiger partial charge on any atom is 0.316 e. The molecule has 1 aliphatic rings. The van der Waals surface area contributed by atoms with Gasteiger partial charge in [-0.05, 0) is 17.7 Å². The van der Waals surface area contributed by atoms with E-state index in [0.717, 1.165) is 24.3 Å². The largest absolute Gasteiger partial charge is 0.378 e. The minimum absolute atomic E-state index is 0.184. The molecule has 24 heavy (non-hydrogen) atoms. The van der Waals surface area contributed by atoms with Crippen LogP contribution in [0.15, 0.2) is 36.5 Å². The lowest BCUT2D eigenvalue weighted by Crippen LogP contribution is -2.37. The number of rotatable bonds is 4. The Morgan fingerprint density at radius 1 is 1.21 bits per heavy atom. The SMILES string of the molecule is O=C(NCc1ccc(Cl)cc1Cl)c1cc(N2CCOCC2)cc[nH+]1. The monoisotopic (exact) mass is 366 g/mol. The molecule has 2 aromatic rings. The standard InChI is InChI=1S/C17H17Cl2N3O2/c18-13-2-1-12(15(19)9-13)11-21-17(23)16-10-14(3-4-20-16)22-5-7-24-8-6-22/h1-4,9-10H,5-8,11H2,(H,21,23)/p+1. The summed E-state index contributed by atoms with van der Waals surface area (Å²) in [5.74, 6) is -0.184. The molecule has 7 heteroatoms. The lowest BCUT2D eigenvalue weighted by Gasteiger charge is -2.28. The van der Waals surface area contributed by atoms with Gasteiger partial charge in [0.15, 0.2) is 6.20 Å². The number of hydrogen-bond donors (Lipinski definition) is 1. The van der Waals surface area contributed by atoms with Gasteiger partial charge in [-0.1, -0.05) is 29.3 Å². The van der Waals surface area contributed by atoms with Gasteiger partial charge in [0.05, 0.1) is 13.2 Å². The van der Waals surface area contributed by atoms with Crippen LogP contribution in [-0.4, -0.2) is 32.2 Å². The molecule has 1 amide bonds. The van der Waals surface area contributed by atoms with Crippen molar-refractivity contribution in [3.05, 3.63) is 57.8 Å². The first-order chi connectivity index (χ1) is 11.6. The smallest absolute Gasteiger partial charge is 0.316 e. The summed E-state index contributed by atoms with van der Waals surface area (Å²) in [5, 5.41) is 3.97. The summed E-state index contributed by atoms with van der Waals surface area (Å²) in [6.45, 7) is 3.39. The second kappa shape index (κ2) is 7.83. The molecule has 0 radical (unpaired) electrons. The number of pyridine rings is 1. The van der Waals surface area contributed by atoms with E-state index in [2.05, 4.69) is 15.2 Å². The average molecular weight is 367 g/mol. The van der Waals surface area contributed by atoms with Gasteiger partial charge in [0.25, 0.3) is 5.69 Å². The quantitative estimate of drug-likeness (QED) is 0.904. The minimum Gasteiger partial charge on any atom is -0.378 e. The van der Waals surface area contributed by atoms with Crippen molar-refractivity contribution >= 4 is 34.8 Å². The van der Waals surface area contributed by atoms with Gasteiger partial charge in [-0.25, -0.2) is 4.98 Å². The maximum absolute atomic E-state index is 12.4. The third-order valence-corrected chi connectivity index (χ3v) is 4.45. The van der Waals surface area contributed by atoms with E-state index >= 15 is 0 Å². The van der Waals surface area contributed by atoms with E-state index in [1.54, 1.807) is 24.4 Å². The molecule has 2 N–H and O–H groups in total. The molecule has 0 aliphatic carbocycles. The zero-order chi connectivity index (χ0) is 16.9. The van der Waals surface area contributed by atoms with Crippen LogP contribution in [0.1, 0.15) is 16.1 Å². The van der Waals surface area contributed by atoms with E-state index < -0.39 is 0 Å². The zero-order valence-corrected chi connectivity index (χ0v) is 14.5. The zero-order valence-electron chi connectivity index (χ0n) is 13.0. The highest BCUT2D eigenvalue weighted by Crippen LogP contribution is 2.21. The van der Waals surface area contributed by atoms with Crippen molar-refractivity contribution in [2.45, 2.75) is 6.54 Å². The molecule has 0 bridgehead atoms. The topological polar surface area (TPSA) is 55.7 Å². The number of carbonyl (C=O) groups excluding carboxylic acids is 1. The first-order valence-electron chi connectivity index (χ1n) is 7.70. The van der Waals surface area contributed by atoms with Gasteiger partial charge in [0, 0.05) is 47.5 Å². The maximum atomic E-state index is 12.4. The molecule has 0 spiro atoms. The Morgan fingerprint density at radius 3 is 2.75 bits per heavy atom. The molecular formula is C17H18Cl2N3O2+. The molecule has 1 aromatic heterocycles. The summed E-state index contributed by atoms with van der Waals surface area (Å²) in [7, 11) is 0. The van der Waals surface area contributed by atoms with Crippen LogP contribution in [0.2, 0.25) is 10.0 Å². The number of nitrogens with zero attached hydrogens (tertiary/aromatic N) is 1. The molecule has 1 aromatic carbocycles. The lowest BCUT2D eigenvalue weighted by molar-refractivity contribution is -0.382. The van der Waals surface area contributed by atoms with Crippen LogP contribution in [-0.2, 0) is 11.3 Å². The third kappa shape index (κ3) is 4.17. The van der Waals surface area contributed by atoms with E-state index in [4.69, 9.17) is 27.9 Å². The molecule has 5 nitrogen and oxygen atoms in total. The van der Waals surface area contributed by atoms with Crippen molar-refractivity contribution in [3.63, 3.8) is 0 Å². The van der Waals surface area contributed by atoms with Crippen molar-refractivity contribution in [1.29, 1.82) is 0 Å². The molecule has 3 rings (SSSR count). The number of aromatic nitrogens is 1. The predicted molar refractivity (Wildman–Crippen MR) is 93.7 cm³/mol. The molecule has 0 atom stereocenters. The van der Waals surface area contributed by atoms with E-state index in [1.807, 2.05) is 12.1 Å². The van der Waals surface area contributed by atoms with Gasteiger partial charge >= 0.3 is 5.91 Å². The Kier molecular flexibility index (Phi) is 5.56. The molecule has 1 saturated heterocycles. The number of benzene rings is 1. The minimum atomic E-state index is -0.184. The first-order valence-corrected chi connectivity index (χ1v) is 8.45. The second-order valence-electron chi connectivity index (χ2n) is 5.48. The fourth-order valence-corrected chi connectivity index (χ4v) is 3.01. The Morgan fingerprint density at radius 2 is 2.00 bits per heavy atom. The Hall–Kier alpha value is -1.82. The number of aromatic amines is 1. The van der Waals surface area contributed by atoms with Crippen LogP contribution < -0.4 is 15.2 Å². The van der Waals surface area contributed by atoms with Gasteiger partial charge in [-0.2, -0.15) is 0 Å². The molecule has 1 aliphatic heterocycles. The Bertz CT molecular complexity index is 734. The fraction of sp³-hybridized carbons (Fsp3) is 0.294. The predicted octanol–water partition coefficient (Wildman–Crippen LogP) is 2.57. The number of nitrogens with one attached hydrogen (secondary N) is 2. The van der Waals surface area contributed by atoms with Crippen molar-refractivity contribution < 1.29 is 14.5 Å². The van der Waals surface area contributed by atoms with Crippen molar-refractivity contribution in [2.75, 3.05) is 31.2 Å². The van der Waals surface area contributed by atoms with Crippen LogP contribution in [0.25, 0.3) is 0 Å². The van der Waals surface area contributed by atoms with Crippen molar-refractivity contribution in [3.8, 4) is 0 Å². The van der Waals surface area contributed by atoms with Gasteiger partial charge in [0.2, 0.25) is 0 Å². The number of H-pyrrole nitrogens is 1. The normalized spacial score (nSPS) is 14.5. The van der Waals surface area contributed by atoms with Gasteiger partial charge in [-0.15, -0.1) is 0 Å². The summed E-state index contributed by atoms with van der Waals surface area (Å²) in [6, 6.07) is 9.02. The number of carbonyl (C=O) groups is 1. The van der Waals surface area contributed by atoms with Crippen molar-refractivity contribution in [2.24, 2.45) is 0 Å². The number of amides is 1. The molecule has 126 valence electrons. The van der Waals surface area contributed by atoms with E-state index in [-0.39, 0.29) is 5.91 Å². The summed E-state index contributed by atoms with van der Waals surface area (Å²) in [4.78, 5) is 17.6. The molecular weight excluding hydrogens is 349 g/mol. The van der Waals surface area contributed by atoms with Crippen molar-refractivity contribution in [1.82, 2.24) is 5.32 Å². The summed E-state index contributed by atoms with van der Waals surface area (Å²) < 4.78 is 5.36. The summed E-state index contributed by atoms with van der Waals surface area (Å²) >= 11 is 12.0. The van der Waals surface area contributed by atoms with Crippen LogP contribution in [0.3, 0.4) is 0 Å². The molecule has 0 unspecified atom stereocenters. The van der Waals surface area contributed by atoms with Crippen LogP contribution in [0, 0.1) is 0 Å². The third-order valence-electron chi connectivity index (χ3n) is 3.86. The second-order valence-corrected chi connectivity index (χ2v) is 6.32. The highest BCUT2D eigenvalue weighted by Gasteiger charge is 2.18. The molecule has 1 fully saturated rings. The Labute approximate surface area is 150 Å². The lowest BCUT2D eigenvalue weighted by atomic mass is 10.2. The van der Waals surface area contributed by atoms with Crippen LogP contribution >= 0.6 is 23.2 Å². The van der Waals surface area contributed by atoms with Crippen LogP contribution in [0.4, 0.5) is 5.69 Å². The van der Waals surface area contributed by atoms with E-state index in [0.29, 0.717) is 35.5 Å². The van der Waals surface area contributed by atoms with Gasteiger partial charge in [-0.3, -0.25) is 4.79 Å². The number of ether oxygens (including phenoxy) is 1. The number of hydrogen-bond acceptors (Lipinski definition) is 3. The number of halogens is 2. The van der Waals surface area contributed by atoms with E-state index in [9.17, 15) is 4.79 Å².